The average Bonchev–Trinajstić information content (AvgIpc) is 3.69. The van der Waals surface area contributed by atoms with Crippen molar-refractivity contribution >= 4 is 11.5 Å². The van der Waals surface area contributed by atoms with Crippen molar-refractivity contribution in [1.29, 1.82) is 0 Å². The van der Waals surface area contributed by atoms with Gasteiger partial charge in [0.15, 0.2) is 5.82 Å². The lowest BCUT2D eigenvalue weighted by Crippen LogP contribution is -2.39. The number of nitrogens with zero attached hydrogens (tertiary/aromatic N) is 4. The topological polar surface area (TPSA) is 98.9 Å². The first kappa shape index (κ1) is 28.2. The van der Waals surface area contributed by atoms with Crippen LogP contribution in [0.4, 0.5) is 0 Å². The molecule has 2 aliphatic heterocycles. The largest absolute Gasteiger partial charge is 0.488 e. The van der Waals surface area contributed by atoms with E-state index in [0.29, 0.717) is 25.1 Å². The van der Waals surface area contributed by atoms with Gasteiger partial charge in [-0.25, -0.2) is 9.78 Å². The fraction of sp³-hybridized carbons (Fsp3) is 0.424. The quantitative estimate of drug-likeness (QED) is 0.361. The number of rotatable bonds is 9. The Kier molecular flexibility index (Phi) is 8.13. The molecular weight excluding hydrogens is 532 g/mol. The highest BCUT2D eigenvalue weighted by molar-refractivity contribution is 5.90. The number of pyridine rings is 1. The zero-order valence-corrected chi connectivity index (χ0v) is 24.6. The summed E-state index contributed by atoms with van der Waals surface area (Å²) in [6.07, 6.45) is 7.47. The highest BCUT2D eigenvalue weighted by Crippen LogP contribution is 2.35. The normalized spacial score (nSPS) is 19.0. The zero-order chi connectivity index (χ0) is 29.2. The van der Waals surface area contributed by atoms with Gasteiger partial charge in [0.05, 0.1) is 25.1 Å². The second-order valence-electron chi connectivity index (χ2n) is 11.2. The third-order valence-corrected chi connectivity index (χ3v) is 8.59. The highest BCUT2D eigenvalue weighted by Gasteiger charge is 2.28. The molecule has 0 unspecified atom stereocenters. The molecule has 0 saturated carbocycles. The molecule has 0 bridgehead atoms. The van der Waals surface area contributed by atoms with Crippen LogP contribution in [-0.4, -0.2) is 63.1 Å². The van der Waals surface area contributed by atoms with Crippen LogP contribution < -0.4 is 4.74 Å². The number of carboxylic acids is 1. The van der Waals surface area contributed by atoms with E-state index in [2.05, 4.69) is 42.1 Å². The SMILES string of the molecule is CCOc1c(C(=O)O)cnn1-c1cccc(C2=CCCC(C)=C2OCc2ccc3c(c2C)CCN([C@@H]2CCOC2)C3)n1. The van der Waals surface area contributed by atoms with Gasteiger partial charge in [-0.1, -0.05) is 24.3 Å². The lowest BCUT2D eigenvalue weighted by atomic mass is 9.91. The van der Waals surface area contributed by atoms with Crippen molar-refractivity contribution < 1.29 is 24.1 Å². The molecule has 4 heterocycles. The van der Waals surface area contributed by atoms with Crippen LogP contribution in [0.15, 0.2) is 53.9 Å². The summed E-state index contributed by atoms with van der Waals surface area (Å²) in [5, 5.41) is 13.8. The average molecular weight is 571 g/mol. The Morgan fingerprint density at radius 3 is 2.83 bits per heavy atom. The third kappa shape index (κ3) is 5.46. The van der Waals surface area contributed by atoms with Gasteiger partial charge in [0.1, 0.15) is 17.9 Å². The number of carbonyl (C=O) groups is 1. The van der Waals surface area contributed by atoms with Crippen LogP contribution in [0.1, 0.15) is 71.4 Å². The second kappa shape index (κ2) is 12.1. The summed E-state index contributed by atoms with van der Waals surface area (Å²) in [6.45, 7) is 10.7. The third-order valence-electron chi connectivity index (χ3n) is 8.59. The number of ether oxygens (including phenoxy) is 3. The Labute approximate surface area is 246 Å². The lowest BCUT2D eigenvalue weighted by molar-refractivity contribution is 0.0692. The van der Waals surface area contributed by atoms with Crippen LogP contribution >= 0.6 is 0 Å². The van der Waals surface area contributed by atoms with E-state index in [1.807, 2.05) is 19.1 Å². The fourth-order valence-corrected chi connectivity index (χ4v) is 6.24. The number of fused-ring (bicyclic) bond motifs is 1. The van der Waals surface area contributed by atoms with Crippen LogP contribution in [0.3, 0.4) is 0 Å². The predicted octanol–water partition coefficient (Wildman–Crippen LogP) is 5.49. The minimum Gasteiger partial charge on any atom is -0.488 e. The molecular formula is C33H38N4O5. The van der Waals surface area contributed by atoms with E-state index in [4.69, 9.17) is 19.2 Å². The Morgan fingerprint density at radius 1 is 1.17 bits per heavy atom. The van der Waals surface area contributed by atoms with Gasteiger partial charge in [0.25, 0.3) is 0 Å². The maximum Gasteiger partial charge on any atom is 0.342 e. The van der Waals surface area contributed by atoms with Gasteiger partial charge in [0, 0.05) is 31.3 Å². The standard InChI is InChI=1S/C33H38N4O5/c1-4-41-32-28(33(38)39)17-34-37(32)30-10-6-9-29(35-30)27-8-5-7-21(2)31(27)42-19-24-12-11-23-18-36(25-14-16-40-20-25)15-13-26(23)22(24)3/h6,8-12,17,25H,4-5,7,13-16,18-20H2,1-3H3,(H,38,39)/t25-/m1/s1. The van der Waals surface area contributed by atoms with Crippen molar-refractivity contribution in [3.05, 3.63) is 87.4 Å². The summed E-state index contributed by atoms with van der Waals surface area (Å²) in [4.78, 5) is 19.1. The Hall–Kier alpha value is -3.95. The Balaban J connectivity index is 1.22. The molecule has 42 heavy (non-hydrogen) atoms. The van der Waals surface area contributed by atoms with E-state index in [0.717, 1.165) is 69.0 Å². The molecule has 9 nitrogen and oxygen atoms in total. The van der Waals surface area contributed by atoms with Crippen molar-refractivity contribution in [3.63, 3.8) is 0 Å². The van der Waals surface area contributed by atoms with E-state index in [1.54, 1.807) is 6.07 Å². The number of hydrogen-bond acceptors (Lipinski definition) is 7. The van der Waals surface area contributed by atoms with Crippen LogP contribution in [0.25, 0.3) is 11.4 Å². The Morgan fingerprint density at radius 2 is 2.05 bits per heavy atom. The molecule has 220 valence electrons. The number of allylic oxidation sites excluding steroid dienone is 3. The van der Waals surface area contributed by atoms with E-state index in [9.17, 15) is 9.90 Å². The summed E-state index contributed by atoms with van der Waals surface area (Å²) < 4.78 is 19.3. The molecule has 3 aliphatic rings. The molecule has 1 fully saturated rings. The summed E-state index contributed by atoms with van der Waals surface area (Å²) in [6, 6.07) is 10.7. The van der Waals surface area contributed by atoms with Crippen molar-refractivity contribution in [2.75, 3.05) is 26.4 Å². The van der Waals surface area contributed by atoms with Gasteiger partial charge >= 0.3 is 5.97 Å². The van der Waals surface area contributed by atoms with Crippen LogP contribution in [0.5, 0.6) is 5.88 Å². The maximum absolute atomic E-state index is 11.7. The summed E-state index contributed by atoms with van der Waals surface area (Å²) in [5.74, 6) is 0.407. The Bertz CT molecular complexity index is 1550. The molecule has 1 N–H and O–H groups in total. The van der Waals surface area contributed by atoms with E-state index in [-0.39, 0.29) is 11.4 Å². The van der Waals surface area contributed by atoms with Crippen molar-refractivity contribution in [2.24, 2.45) is 0 Å². The summed E-state index contributed by atoms with van der Waals surface area (Å²) >= 11 is 0. The van der Waals surface area contributed by atoms with E-state index < -0.39 is 5.97 Å². The number of aromatic carboxylic acids is 1. The lowest BCUT2D eigenvalue weighted by Gasteiger charge is -2.34. The molecule has 1 saturated heterocycles. The monoisotopic (exact) mass is 570 g/mol. The van der Waals surface area contributed by atoms with Gasteiger partial charge in [-0.15, -0.1) is 0 Å². The molecule has 0 amide bonds. The van der Waals surface area contributed by atoms with Gasteiger partial charge in [-0.05, 0) is 86.4 Å². The molecule has 2 aromatic heterocycles. The van der Waals surface area contributed by atoms with Crippen molar-refractivity contribution in [2.45, 2.75) is 65.6 Å². The second-order valence-corrected chi connectivity index (χ2v) is 11.2. The number of carboxylic acid groups (broad SMARTS) is 1. The molecule has 1 aliphatic carbocycles. The number of benzene rings is 1. The van der Waals surface area contributed by atoms with E-state index >= 15 is 0 Å². The molecule has 6 rings (SSSR count). The predicted molar refractivity (Wildman–Crippen MR) is 159 cm³/mol. The molecule has 0 radical (unpaired) electrons. The smallest absolute Gasteiger partial charge is 0.342 e. The first-order valence-corrected chi connectivity index (χ1v) is 14.8. The van der Waals surface area contributed by atoms with Gasteiger partial charge < -0.3 is 19.3 Å². The van der Waals surface area contributed by atoms with Crippen LogP contribution in [0.2, 0.25) is 0 Å². The first-order chi connectivity index (χ1) is 20.4. The molecule has 9 heteroatoms. The van der Waals surface area contributed by atoms with Crippen LogP contribution in [-0.2, 0) is 29.0 Å². The zero-order valence-electron chi connectivity index (χ0n) is 24.6. The molecule has 1 atom stereocenters. The summed E-state index contributed by atoms with van der Waals surface area (Å²) in [5.41, 5.74) is 8.27. The first-order valence-electron chi connectivity index (χ1n) is 14.8. The molecule has 3 aromatic rings. The maximum atomic E-state index is 11.7. The molecule has 1 aromatic carbocycles. The van der Waals surface area contributed by atoms with Crippen molar-refractivity contribution in [1.82, 2.24) is 19.7 Å². The van der Waals surface area contributed by atoms with Crippen LogP contribution in [0, 0.1) is 6.92 Å². The molecule has 0 spiro atoms. The highest BCUT2D eigenvalue weighted by atomic mass is 16.5. The van der Waals surface area contributed by atoms with E-state index in [1.165, 1.54) is 38.7 Å². The minimum atomic E-state index is -1.09. The minimum absolute atomic E-state index is 0.00128. The number of aromatic nitrogens is 3. The fourth-order valence-electron chi connectivity index (χ4n) is 6.24. The van der Waals surface area contributed by atoms with Crippen molar-refractivity contribution in [3.8, 4) is 11.7 Å². The van der Waals surface area contributed by atoms with Gasteiger partial charge in [0.2, 0.25) is 5.88 Å². The van der Waals surface area contributed by atoms with Gasteiger partial charge in [-0.2, -0.15) is 9.78 Å². The number of hydrogen-bond donors (Lipinski definition) is 1. The summed E-state index contributed by atoms with van der Waals surface area (Å²) in [7, 11) is 0. The van der Waals surface area contributed by atoms with Gasteiger partial charge in [-0.3, -0.25) is 4.90 Å².